The van der Waals surface area contributed by atoms with Crippen LogP contribution in [0.15, 0.2) is 0 Å². The first kappa shape index (κ1) is 17.3. The number of ether oxygens (including phenoxy) is 2. The molecule has 0 spiro atoms. The molecule has 0 aromatic heterocycles. The Kier molecular flexibility index (Phi) is 6.17. The summed E-state index contributed by atoms with van der Waals surface area (Å²) in [6.07, 6.45) is 0. The SMILES string of the molecule is CC(=O)C(C)(C)OCC(C)(C)OCC(=O)C(C)C. The molecule has 0 atom stereocenters. The summed E-state index contributed by atoms with van der Waals surface area (Å²) in [6.45, 7) is 12.7. The van der Waals surface area contributed by atoms with Gasteiger partial charge < -0.3 is 9.47 Å². The van der Waals surface area contributed by atoms with Crippen molar-refractivity contribution in [2.24, 2.45) is 5.92 Å². The molecule has 0 aliphatic carbocycles. The summed E-state index contributed by atoms with van der Waals surface area (Å²) in [5.74, 6) is 0.000777. The number of hydrogen-bond donors (Lipinski definition) is 0. The van der Waals surface area contributed by atoms with Crippen LogP contribution in [0.25, 0.3) is 0 Å². The van der Waals surface area contributed by atoms with Gasteiger partial charge in [0.15, 0.2) is 11.6 Å². The fourth-order valence-corrected chi connectivity index (χ4v) is 0.931. The Morgan fingerprint density at radius 3 is 1.94 bits per heavy atom. The van der Waals surface area contributed by atoms with Gasteiger partial charge in [-0.25, -0.2) is 0 Å². The van der Waals surface area contributed by atoms with Crippen LogP contribution in [-0.4, -0.2) is 36.0 Å². The number of Topliss-reactive ketones (excluding diaryl/α,β-unsaturated/α-hetero) is 2. The van der Waals surface area contributed by atoms with E-state index in [1.807, 2.05) is 27.7 Å². The minimum atomic E-state index is -0.817. The lowest BCUT2D eigenvalue weighted by atomic mass is 10.0. The van der Waals surface area contributed by atoms with Crippen molar-refractivity contribution < 1.29 is 19.1 Å². The second-order valence-corrected chi connectivity index (χ2v) is 6.02. The van der Waals surface area contributed by atoms with Crippen molar-refractivity contribution in [1.82, 2.24) is 0 Å². The zero-order chi connectivity index (χ0) is 14.6. The third kappa shape index (κ3) is 6.26. The molecule has 0 N–H and O–H groups in total. The fraction of sp³-hybridized carbons (Fsp3) is 0.857. The average Bonchev–Trinajstić information content (AvgIpc) is 2.23. The third-order valence-corrected chi connectivity index (χ3v) is 2.88. The Morgan fingerprint density at radius 1 is 1.06 bits per heavy atom. The van der Waals surface area contributed by atoms with E-state index < -0.39 is 11.2 Å². The predicted octanol–water partition coefficient (Wildman–Crippen LogP) is 2.39. The first-order valence-corrected chi connectivity index (χ1v) is 6.29. The maximum absolute atomic E-state index is 11.5. The Bertz CT molecular complexity index is 303. The lowest BCUT2D eigenvalue weighted by molar-refractivity contribution is -0.155. The van der Waals surface area contributed by atoms with Crippen LogP contribution >= 0.6 is 0 Å². The molecular formula is C14H26O4. The Morgan fingerprint density at radius 2 is 1.56 bits per heavy atom. The highest BCUT2D eigenvalue weighted by molar-refractivity contribution is 5.84. The van der Waals surface area contributed by atoms with Gasteiger partial charge in [0.05, 0.1) is 12.2 Å². The van der Waals surface area contributed by atoms with Crippen LogP contribution in [0.4, 0.5) is 0 Å². The topological polar surface area (TPSA) is 52.6 Å². The largest absolute Gasteiger partial charge is 0.365 e. The van der Waals surface area contributed by atoms with Crippen molar-refractivity contribution in [3.05, 3.63) is 0 Å². The molecule has 0 saturated heterocycles. The van der Waals surface area contributed by atoms with E-state index in [0.29, 0.717) is 0 Å². The molecule has 0 unspecified atom stereocenters. The molecule has 0 heterocycles. The van der Waals surface area contributed by atoms with Crippen LogP contribution in [0, 0.1) is 5.92 Å². The van der Waals surface area contributed by atoms with Crippen LogP contribution in [0.5, 0.6) is 0 Å². The smallest absolute Gasteiger partial charge is 0.161 e. The molecule has 106 valence electrons. The summed E-state index contributed by atoms with van der Waals surface area (Å²) >= 11 is 0. The molecule has 18 heavy (non-hydrogen) atoms. The summed E-state index contributed by atoms with van der Waals surface area (Å²) in [6, 6.07) is 0. The highest BCUT2D eigenvalue weighted by atomic mass is 16.6. The average molecular weight is 258 g/mol. The Hall–Kier alpha value is -0.740. The van der Waals surface area contributed by atoms with Crippen molar-refractivity contribution in [2.45, 2.75) is 59.7 Å². The molecule has 4 heteroatoms. The molecule has 0 aromatic rings. The van der Waals surface area contributed by atoms with Crippen molar-refractivity contribution in [1.29, 1.82) is 0 Å². The molecule has 0 aliphatic rings. The molecule has 4 nitrogen and oxygen atoms in total. The number of carbonyl (C=O) groups excluding carboxylic acids is 2. The molecule has 0 saturated carbocycles. The van der Waals surface area contributed by atoms with Crippen LogP contribution in [0.1, 0.15) is 48.5 Å². The van der Waals surface area contributed by atoms with Crippen LogP contribution < -0.4 is 0 Å². The van der Waals surface area contributed by atoms with E-state index >= 15 is 0 Å². The first-order chi connectivity index (χ1) is 7.98. The van der Waals surface area contributed by atoms with Gasteiger partial charge in [-0.2, -0.15) is 0 Å². The molecule has 0 aliphatic heterocycles. The quantitative estimate of drug-likeness (QED) is 0.671. The number of rotatable bonds is 8. The zero-order valence-corrected chi connectivity index (χ0v) is 12.6. The molecular weight excluding hydrogens is 232 g/mol. The molecule has 0 rings (SSSR count). The highest BCUT2D eigenvalue weighted by Gasteiger charge is 2.29. The number of carbonyl (C=O) groups is 2. The van der Waals surface area contributed by atoms with Gasteiger partial charge in [0.25, 0.3) is 0 Å². The van der Waals surface area contributed by atoms with Crippen molar-refractivity contribution in [3.63, 3.8) is 0 Å². The van der Waals surface area contributed by atoms with E-state index in [0.717, 1.165) is 0 Å². The van der Waals surface area contributed by atoms with Gasteiger partial charge in [0.2, 0.25) is 0 Å². The third-order valence-electron chi connectivity index (χ3n) is 2.88. The van der Waals surface area contributed by atoms with Gasteiger partial charge in [-0.1, -0.05) is 13.8 Å². The number of ketones is 2. The van der Waals surface area contributed by atoms with E-state index in [2.05, 4.69) is 0 Å². The summed E-state index contributed by atoms with van der Waals surface area (Å²) in [4.78, 5) is 22.8. The standard InChI is InChI=1S/C14H26O4/c1-10(2)12(16)8-17-13(4,5)9-18-14(6,7)11(3)15/h10H,8-9H2,1-7H3. The summed E-state index contributed by atoms with van der Waals surface area (Å²) < 4.78 is 11.1. The highest BCUT2D eigenvalue weighted by Crippen LogP contribution is 2.17. The van der Waals surface area contributed by atoms with Crippen LogP contribution in [-0.2, 0) is 19.1 Å². The second-order valence-electron chi connectivity index (χ2n) is 6.02. The Labute approximate surface area is 110 Å². The maximum Gasteiger partial charge on any atom is 0.161 e. The summed E-state index contributed by atoms with van der Waals surface area (Å²) in [5, 5.41) is 0. The molecule has 0 radical (unpaired) electrons. The van der Waals surface area contributed by atoms with E-state index in [4.69, 9.17) is 9.47 Å². The van der Waals surface area contributed by atoms with E-state index in [1.54, 1.807) is 13.8 Å². The van der Waals surface area contributed by atoms with Gasteiger partial charge in [-0.15, -0.1) is 0 Å². The Balaban J connectivity index is 4.24. The molecule has 0 bridgehead atoms. The molecule has 0 amide bonds. The maximum atomic E-state index is 11.5. The van der Waals surface area contributed by atoms with Gasteiger partial charge in [0.1, 0.15) is 12.2 Å². The lowest BCUT2D eigenvalue weighted by Crippen LogP contribution is -2.41. The lowest BCUT2D eigenvalue weighted by Gasteiger charge is -2.30. The van der Waals surface area contributed by atoms with Crippen LogP contribution in [0.2, 0.25) is 0 Å². The van der Waals surface area contributed by atoms with E-state index in [-0.39, 0.29) is 30.7 Å². The predicted molar refractivity (Wildman–Crippen MR) is 70.6 cm³/mol. The second kappa shape index (κ2) is 6.43. The molecule has 0 fully saturated rings. The van der Waals surface area contributed by atoms with Crippen molar-refractivity contribution in [3.8, 4) is 0 Å². The van der Waals surface area contributed by atoms with Crippen LogP contribution in [0.3, 0.4) is 0 Å². The normalized spacial score (nSPS) is 12.9. The van der Waals surface area contributed by atoms with Gasteiger partial charge in [-0.05, 0) is 34.6 Å². The van der Waals surface area contributed by atoms with Crippen molar-refractivity contribution >= 4 is 11.6 Å². The van der Waals surface area contributed by atoms with Gasteiger partial charge >= 0.3 is 0 Å². The minimum absolute atomic E-state index is 0.0310. The van der Waals surface area contributed by atoms with Gasteiger partial charge in [0, 0.05) is 5.92 Å². The van der Waals surface area contributed by atoms with E-state index in [1.165, 1.54) is 6.92 Å². The van der Waals surface area contributed by atoms with Crippen molar-refractivity contribution in [2.75, 3.05) is 13.2 Å². The monoisotopic (exact) mass is 258 g/mol. The zero-order valence-electron chi connectivity index (χ0n) is 12.6. The van der Waals surface area contributed by atoms with Gasteiger partial charge in [-0.3, -0.25) is 9.59 Å². The first-order valence-electron chi connectivity index (χ1n) is 6.29. The molecule has 0 aromatic carbocycles. The minimum Gasteiger partial charge on any atom is -0.365 e. The fourth-order valence-electron chi connectivity index (χ4n) is 0.931. The summed E-state index contributed by atoms with van der Waals surface area (Å²) in [5.41, 5.74) is -1.40. The number of hydrogen-bond acceptors (Lipinski definition) is 4. The van der Waals surface area contributed by atoms with E-state index in [9.17, 15) is 9.59 Å². The summed E-state index contributed by atoms with van der Waals surface area (Å²) in [7, 11) is 0.